The molecular formula is C21H28N4O3. The molecule has 1 aromatic rings. The van der Waals surface area contributed by atoms with E-state index in [9.17, 15) is 14.4 Å². The van der Waals surface area contributed by atoms with Crippen molar-refractivity contribution < 1.29 is 14.4 Å². The van der Waals surface area contributed by atoms with Gasteiger partial charge in [-0.1, -0.05) is 18.2 Å². The van der Waals surface area contributed by atoms with E-state index in [2.05, 4.69) is 29.8 Å². The Balaban J connectivity index is 1.50. The summed E-state index contributed by atoms with van der Waals surface area (Å²) in [6, 6.07) is 5.34. The van der Waals surface area contributed by atoms with Crippen molar-refractivity contribution >= 4 is 17.7 Å². The third-order valence-electron chi connectivity index (χ3n) is 6.45. The van der Waals surface area contributed by atoms with E-state index in [0.29, 0.717) is 31.0 Å². The fraction of sp³-hybridized carbons (Fsp3) is 0.571. The average Bonchev–Trinajstić information content (AvgIpc) is 3.30. The highest BCUT2D eigenvalue weighted by molar-refractivity contribution is 6.05. The molecule has 2 fully saturated rings. The van der Waals surface area contributed by atoms with E-state index < -0.39 is 6.04 Å². The van der Waals surface area contributed by atoms with Crippen molar-refractivity contribution in [2.45, 2.75) is 57.8 Å². The number of imide groups is 1. The van der Waals surface area contributed by atoms with Gasteiger partial charge < -0.3 is 15.5 Å². The Morgan fingerprint density at radius 3 is 2.75 bits per heavy atom. The molecule has 3 amide bonds. The van der Waals surface area contributed by atoms with Gasteiger partial charge in [0.2, 0.25) is 11.8 Å². The second-order valence-corrected chi connectivity index (χ2v) is 8.62. The summed E-state index contributed by atoms with van der Waals surface area (Å²) >= 11 is 0. The van der Waals surface area contributed by atoms with E-state index in [1.54, 1.807) is 4.90 Å². The first-order valence-electron chi connectivity index (χ1n) is 10.1. The maximum absolute atomic E-state index is 13.1. The van der Waals surface area contributed by atoms with Gasteiger partial charge in [-0.05, 0) is 56.8 Å². The molecule has 2 saturated heterocycles. The van der Waals surface area contributed by atoms with Crippen LogP contribution in [0.1, 0.15) is 54.6 Å². The van der Waals surface area contributed by atoms with Crippen LogP contribution in [-0.4, -0.2) is 47.3 Å². The van der Waals surface area contributed by atoms with Gasteiger partial charge in [-0.2, -0.15) is 0 Å². The molecule has 150 valence electrons. The Labute approximate surface area is 165 Å². The number of hydrogen-bond acceptors (Lipinski definition) is 5. The number of amides is 3. The van der Waals surface area contributed by atoms with Crippen LogP contribution in [0.25, 0.3) is 0 Å². The van der Waals surface area contributed by atoms with Crippen molar-refractivity contribution in [3.63, 3.8) is 0 Å². The smallest absolute Gasteiger partial charge is 0.255 e. The molecule has 0 spiro atoms. The second-order valence-electron chi connectivity index (χ2n) is 8.62. The Bertz CT molecular complexity index is 814. The fourth-order valence-corrected chi connectivity index (χ4v) is 4.58. The van der Waals surface area contributed by atoms with Gasteiger partial charge in [0.05, 0.1) is 0 Å². The molecule has 0 radical (unpaired) electrons. The standard InChI is InChI=1S/C21H28N4O3/c1-21(2,15-8-9-22-11-15)23-10-13-4-3-5-14-12-25(20(28)18(13)14)16-6-7-17(26)24-19(16)27/h3-5,15-16,22-23H,6-12H2,1-2H3,(H,24,26,27). The molecular weight excluding hydrogens is 356 g/mol. The van der Waals surface area contributed by atoms with Crippen LogP contribution < -0.4 is 16.0 Å². The fourth-order valence-electron chi connectivity index (χ4n) is 4.58. The zero-order valence-electron chi connectivity index (χ0n) is 16.5. The van der Waals surface area contributed by atoms with Gasteiger partial charge in [0, 0.05) is 30.6 Å². The summed E-state index contributed by atoms with van der Waals surface area (Å²) in [5.74, 6) is -0.187. The first kappa shape index (κ1) is 19.1. The normalized spacial score (nSPS) is 25.2. The summed E-state index contributed by atoms with van der Waals surface area (Å²) in [6.45, 7) is 7.52. The van der Waals surface area contributed by atoms with Gasteiger partial charge in [0.15, 0.2) is 0 Å². The lowest BCUT2D eigenvalue weighted by molar-refractivity contribution is -0.136. The van der Waals surface area contributed by atoms with E-state index in [1.807, 2.05) is 18.2 Å². The van der Waals surface area contributed by atoms with E-state index >= 15 is 0 Å². The summed E-state index contributed by atoms with van der Waals surface area (Å²) in [5, 5.41) is 9.41. The minimum atomic E-state index is -0.570. The van der Waals surface area contributed by atoms with Crippen LogP contribution in [0.5, 0.6) is 0 Å². The highest BCUT2D eigenvalue weighted by Crippen LogP contribution is 2.30. The number of carbonyl (C=O) groups excluding carboxylic acids is 3. The summed E-state index contributed by atoms with van der Waals surface area (Å²) < 4.78 is 0. The quantitative estimate of drug-likeness (QED) is 0.657. The van der Waals surface area contributed by atoms with Gasteiger partial charge in [-0.25, -0.2) is 0 Å². The molecule has 2 unspecified atom stereocenters. The Hall–Kier alpha value is -2.25. The molecule has 3 aliphatic heterocycles. The Morgan fingerprint density at radius 1 is 1.21 bits per heavy atom. The molecule has 3 N–H and O–H groups in total. The number of nitrogens with zero attached hydrogens (tertiary/aromatic N) is 1. The minimum absolute atomic E-state index is 0.0306. The SMILES string of the molecule is CC(C)(NCc1cccc2c1C(=O)N(C1CCC(=O)NC1=O)C2)C1CCNC1. The molecule has 0 bridgehead atoms. The predicted octanol–water partition coefficient (Wildman–Crippen LogP) is 0.925. The number of fused-ring (bicyclic) bond motifs is 1. The van der Waals surface area contributed by atoms with Crippen LogP contribution in [0.2, 0.25) is 0 Å². The number of carbonyl (C=O) groups is 3. The van der Waals surface area contributed by atoms with E-state index in [4.69, 9.17) is 0 Å². The number of hydrogen-bond donors (Lipinski definition) is 3. The largest absolute Gasteiger partial charge is 0.322 e. The summed E-state index contributed by atoms with van der Waals surface area (Å²) in [4.78, 5) is 38.4. The molecule has 0 aliphatic carbocycles. The van der Waals surface area contributed by atoms with Gasteiger partial charge in [0.25, 0.3) is 5.91 Å². The number of piperidine rings is 1. The van der Waals surface area contributed by atoms with Crippen LogP contribution in [0.15, 0.2) is 18.2 Å². The summed E-state index contributed by atoms with van der Waals surface area (Å²) in [6.07, 6.45) is 1.81. The maximum atomic E-state index is 13.1. The first-order valence-corrected chi connectivity index (χ1v) is 10.1. The highest BCUT2D eigenvalue weighted by atomic mass is 16.2. The van der Waals surface area contributed by atoms with Gasteiger partial charge in [-0.15, -0.1) is 0 Å². The number of nitrogens with one attached hydrogen (secondary N) is 3. The third kappa shape index (κ3) is 3.44. The first-order chi connectivity index (χ1) is 13.4. The third-order valence-corrected chi connectivity index (χ3v) is 6.45. The number of benzene rings is 1. The molecule has 3 aliphatic rings. The molecule has 7 heteroatoms. The van der Waals surface area contributed by atoms with Crippen molar-refractivity contribution in [2.24, 2.45) is 5.92 Å². The molecule has 0 aromatic heterocycles. The molecule has 1 aromatic carbocycles. The van der Waals surface area contributed by atoms with Crippen LogP contribution >= 0.6 is 0 Å². The Kier molecular flexibility index (Phi) is 4.97. The average molecular weight is 384 g/mol. The monoisotopic (exact) mass is 384 g/mol. The zero-order chi connectivity index (χ0) is 19.9. The molecule has 2 atom stereocenters. The van der Waals surface area contributed by atoms with E-state index in [1.165, 1.54) is 0 Å². The molecule has 7 nitrogen and oxygen atoms in total. The van der Waals surface area contributed by atoms with E-state index in [0.717, 1.165) is 30.6 Å². The van der Waals surface area contributed by atoms with Crippen molar-refractivity contribution in [2.75, 3.05) is 13.1 Å². The second kappa shape index (κ2) is 7.29. The predicted molar refractivity (Wildman–Crippen MR) is 104 cm³/mol. The lowest BCUT2D eigenvalue weighted by Crippen LogP contribution is -2.52. The van der Waals surface area contributed by atoms with Gasteiger partial charge in [0.1, 0.15) is 6.04 Å². The van der Waals surface area contributed by atoms with Gasteiger partial charge in [-0.3, -0.25) is 19.7 Å². The van der Waals surface area contributed by atoms with E-state index in [-0.39, 0.29) is 29.7 Å². The zero-order valence-corrected chi connectivity index (χ0v) is 16.5. The summed E-state index contributed by atoms with van der Waals surface area (Å²) in [7, 11) is 0. The van der Waals surface area contributed by atoms with Crippen LogP contribution in [-0.2, 0) is 22.7 Å². The van der Waals surface area contributed by atoms with Gasteiger partial charge >= 0.3 is 0 Å². The van der Waals surface area contributed by atoms with Crippen LogP contribution in [0.3, 0.4) is 0 Å². The lowest BCUT2D eigenvalue weighted by atomic mass is 9.86. The molecule has 0 saturated carbocycles. The lowest BCUT2D eigenvalue weighted by Gasteiger charge is -2.33. The number of rotatable bonds is 5. The molecule has 3 heterocycles. The van der Waals surface area contributed by atoms with Crippen molar-refractivity contribution in [1.82, 2.24) is 20.9 Å². The maximum Gasteiger partial charge on any atom is 0.255 e. The van der Waals surface area contributed by atoms with Crippen LogP contribution in [0.4, 0.5) is 0 Å². The van der Waals surface area contributed by atoms with Crippen molar-refractivity contribution in [3.05, 3.63) is 34.9 Å². The van der Waals surface area contributed by atoms with Crippen LogP contribution in [0, 0.1) is 5.92 Å². The molecule has 28 heavy (non-hydrogen) atoms. The molecule has 4 rings (SSSR count). The summed E-state index contributed by atoms with van der Waals surface area (Å²) in [5.41, 5.74) is 2.60. The van der Waals surface area contributed by atoms with Crippen molar-refractivity contribution in [3.8, 4) is 0 Å². The Morgan fingerprint density at radius 2 is 2.04 bits per heavy atom. The topological polar surface area (TPSA) is 90.5 Å². The van der Waals surface area contributed by atoms with Crippen molar-refractivity contribution in [1.29, 1.82) is 0 Å². The highest BCUT2D eigenvalue weighted by Gasteiger charge is 2.40. The minimum Gasteiger partial charge on any atom is -0.322 e.